The van der Waals surface area contributed by atoms with Gasteiger partial charge in [0.05, 0.1) is 18.3 Å². The van der Waals surface area contributed by atoms with Crippen molar-refractivity contribution in [2.45, 2.75) is 45.1 Å². The molecular formula is C26H31FN4O2. The number of nitrogens with one attached hydrogen (secondary N) is 1. The van der Waals surface area contributed by atoms with E-state index in [0.29, 0.717) is 6.61 Å². The normalized spacial score (nSPS) is 15.1. The van der Waals surface area contributed by atoms with Crippen LogP contribution in [0.3, 0.4) is 0 Å². The number of likely N-dealkylation sites (tertiary alicyclic amines) is 1. The van der Waals surface area contributed by atoms with Crippen LogP contribution in [-0.2, 0) is 4.79 Å². The van der Waals surface area contributed by atoms with E-state index in [1.807, 2.05) is 37.3 Å². The molecule has 0 radical (unpaired) electrons. The minimum Gasteiger partial charge on any atom is -0.494 e. The summed E-state index contributed by atoms with van der Waals surface area (Å²) < 4.78 is 19.2. The lowest BCUT2D eigenvalue weighted by atomic mass is 10.0. The number of nitriles is 1. The summed E-state index contributed by atoms with van der Waals surface area (Å²) in [5.74, 6) is -0.371. The molecule has 1 unspecified atom stereocenters. The molecule has 1 aliphatic heterocycles. The smallest absolute Gasteiger partial charge is 0.262 e. The standard InChI is InChI=1S/C26H31FN4O2/c1-2-7-24(30-26(32)21(19-28)18-22-8-5-9-25(27)29-22)20-10-12-23(13-11-20)33-17-6-16-31-14-3-4-15-31/h5,8-13,18,24H,2-4,6-7,14-17H2,1H3,(H,30,32). The van der Waals surface area contributed by atoms with Gasteiger partial charge in [-0.05, 0) is 74.7 Å². The number of ether oxygens (including phenoxy) is 1. The highest BCUT2D eigenvalue weighted by molar-refractivity contribution is 6.01. The van der Waals surface area contributed by atoms with Crippen molar-refractivity contribution >= 4 is 12.0 Å². The van der Waals surface area contributed by atoms with Crippen molar-refractivity contribution in [2.24, 2.45) is 0 Å². The van der Waals surface area contributed by atoms with Crippen LogP contribution >= 0.6 is 0 Å². The Kier molecular flexibility index (Phi) is 9.40. The Labute approximate surface area is 195 Å². The lowest BCUT2D eigenvalue weighted by Gasteiger charge is -2.19. The quantitative estimate of drug-likeness (QED) is 0.233. The summed E-state index contributed by atoms with van der Waals surface area (Å²) >= 11 is 0. The molecule has 1 N–H and O–H groups in total. The van der Waals surface area contributed by atoms with Crippen molar-refractivity contribution in [3.63, 3.8) is 0 Å². The van der Waals surface area contributed by atoms with Crippen molar-refractivity contribution < 1.29 is 13.9 Å². The predicted molar refractivity (Wildman–Crippen MR) is 126 cm³/mol. The fourth-order valence-corrected chi connectivity index (χ4v) is 3.93. The van der Waals surface area contributed by atoms with Crippen molar-refractivity contribution in [1.82, 2.24) is 15.2 Å². The molecule has 0 spiro atoms. The summed E-state index contributed by atoms with van der Waals surface area (Å²) in [6, 6.07) is 13.6. The second-order valence-electron chi connectivity index (χ2n) is 8.19. The van der Waals surface area contributed by atoms with E-state index in [4.69, 9.17) is 4.74 Å². The summed E-state index contributed by atoms with van der Waals surface area (Å²) in [6.45, 7) is 6.17. The highest BCUT2D eigenvalue weighted by Gasteiger charge is 2.17. The van der Waals surface area contributed by atoms with Gasteiger partial charge in [0.25, 0.3) is 5.91 Å². The molecule has 7 heteroatoms. The summed E-state index contributed by atoms with van der Waals surface area (Å²) in [7, 11) is 0. The fourth-order valence-electron chi connectivity index (χ4n) is 3.93. The van der Waals surface area contributed by atoms with E-state index in [-0.39, 0.29) is 17.3 Å². The van der Waals surface area contributed by atoms with Crippen molar-refractivity contribution in [2.75, 3.05) is 26.2 Å². The topological polar surface area (TPSA) is 78.2 Å². The molecular weight excluding hydrogens is 419 g/mol. The van der Waals surface area contributed by atoms with Gasteiger partial charge in [-0.2, -0.15) is 9.65 Å². The third-order valence-corrected chi connectivity index (χ3v) is 5.65. The van der Waals surface area contributed by atoms with E-state index in [1.165, 1.54) is 44.1 Å². The van der Waals surface area contributed by atoms with E-state index < -0.39 is 11.9 Å². The van der Waals surface area contributed by atoms with Gasteiger partial charge in [-0.15, -0.1) is 0 Å². The monoisotopic (exact) mass is 450 g/mol. The summed E-state index contributed by atoms with van der Waals surface area (Å²) in [6.07, 6.45) is 6.46. The lowest BCUT2D eigenvalue weighted by Crippen LogP contribution is -2.29. The highest BCUT2D eigenvalue weighted by Crippen LogP contribution is 2.22. The van der Waals surface area contributed by atoms with Crippen LogP contribution in [0.4, 0.5) is 4.39 Å². The van der Waals surface area contributed by atoms with Gasteiger partial charge in [0.15, 0.2) is 0 Å². The van der Waals surface area contributed by atoms with Gasteiger partial charge in [0.2, 0.25) is 5.95 Å². The van der Waals surface area contributed by atoms with Gasteiger partial charge in [-0.25, -0.2) is 4.98 Å². The van der Waals surface area contributed by atoms with Gasteiger partial charge >= 0.3 is 0 Å². The van der Waals surface area contributed by atoms with Gasteiger partial charge < -0.3 is 15.0 Å². The Hall–Kier alpha value is -3.24. The molecule has 1 amide bonds. The van der Waals surface area contributed by atoms with Crippen LogP contribution in [0.1, 0.15) is 56.3 Å². The summed E-state index contributed by atoms with van der Waals surface area (Å²) in [4.78, 5) is 18.9. The molecule has 2 aromatic rings. The first-order chi connectivity index (χ1) is 16.1. The zero-order chi connectivity index (χ0) is 23.5. The zero-order valence-electron chi connectivity index (χ0n) is 19.1. The van der Waals surface area contributed by atoms with Crippen LogP contribution in [0, 0.1) is 17.3 Å². The largest absolute Gasteiger partial charge is 0.494 e. The van der Waals surface area contributed by atoms with Crippen LogP contribution in [0.5, 0.6) is 5.75 Å². The molecule has 0 saturated carbocycles. The molecule has 1 aromatic carbocycles. The minimum atomic E-state index is -0.663. The SMILES string of the molecule is CCCC(NC(=O)C(C#N)=Cc1cccc(F)n1)c1ccc(OCCCN2CCCC2)cc1. The molecule has 1 fully saturated rings. The molecule has 174 valence electrons. The number of hydrogen-bond donors (Lipinski definition) is 1. The number of hydrogen-bond acceptors (Lipinski definition) is 5. The molecule has 1 atom stereocenters. The van der Waals surface area contributed by atoms with Crippen LogP contribution in [0.15, 0.2) is 48.0 Å². The van der Waals surface area contributed by atoms with Gasteiger partial charge in [0.1, 0.15) is 17.4 Å². The van der Waals surface area contributed by atoms with E-state index in [0.717, 1.165) is 37.1 Å². The fraction of sp³-hybridized carbons (Fsp3) is 0.423. The first-order valence-corrected chi connectivity index (χ1v) is 11.6. The van der Waals surface area contributed by atoms with Crippen molar-refractivity contribution in [3.8, 4) is 11.8 Å². The van der Waals surface area contributed by atoms with E-state index >= 15 is 0 Å². The van der Waals surface area contributed by atoms with Crippen LogP contribution in [0.25, 0.3) is 6.08 Å². The number of nitrogens with zero attached hydrogens (tertiary/aromatic N) is 3. The number of rotatable bonds is 11. The molecule has 0 bridgehead atoms. The molecule has 1 saturated heterocycles. The third-order valence-electron chi connectivity index (χ3n) is 5.65. The first-order valence-electron chi connectivity index (χ1n) is 11.6. The summed E-state index contributed by atoms with van der Waals surface area (Å²) in [5, 5.41) is 12.4. The predicted octanol–water partition coefficient (Wildman–Crippen LogP) is 4.65. The number of aromatic nitrogens is 1. The number of benzene rings is 1. The van der Waals surface area contributed by atoms with Crippen molar-refractivity contribution in [3.05, 3.63) is 65.2 Å². The molecule has 33 heavy (non-hydrogen) atoms. The Bertz CT molecular complexity index is 979. The Morgan fingerprint density at radius 2 is 2.03 bits per heavy atom. The zero-order valence-corrected chi connectivity index (χ0v) is 19.1. The minimum absolute atomic E-state index is 0.118. The number of halogens is 1. The van der Waals surface area contributed by atoms with Gasteiger partial charge in [-0.1, -0.05) is 31.5 Å². The molecule has 1 aliphatic rings. The Balaban J connectivity index is 1.58. The lowest BCUT2D eigenvalue weighted by molar-refractivity contribution is -0.117. The molecule has 1 aromatic heterocycles. The average Bonchev–Trinajstić information content (AvgIpc) is 3.34. The third kappa shape index (κ3) is 7.69. The van der Waals surface area contributed by atoms with Gasteiger partial charge in [-0.3, -0.25) is 4.79 Å². The number of carbonyl (C=O) groups excluding carboxylic acids is 1. The maximum Gasteiger partial charge on any atom is 0.262 e. The first kappa shape index (κ1) is 24.4. The van der Waals surface area contributed by atoms with Gasteiger partial charge in [0, 0.05) is 6.54 Å². The maximum absolute atomic E-state index is 13.3. The van der Waals surface area contributed by atoms with Crippen LogP contribution in [-0.4, -0.2) is 42.0 Å². The number of pyridine rings is 1. The van der Waals surface area contributed by atoms with E-state index in [9.17, 15) is 14.4 Å². The van der Waals surface area contributed by atoms with E-state index in [1.54, 1.807) is 6.07 Å². The number of carbonyl (C=O) groups is 1. The molecule has 0 aliphatic carbocycles. The maximum atomic E-state index is 13.3. The van der Waals surface area contributed by atoms with Crippen molar-refractivity contribution in [1.29, 1.82) is 5.26 Å². The Morgan fingerprint density at radius 1 is 1.27 bits per heavy atom. The average molecular weight is 451 g/mol. The van der Waals surface area contributed by atoms with Crippen LogP contribution in [0.2, 0.25) is 0 Å². The second kappa shape index (κ2) is 12.7. The molecule has 6 nitrogen and oxygen atoms in total. The second-order valence-corrected chi connectivity index (χ2v) is 8.19. The van der Waals surface area contributed by atoms with E-state index in [2.05, 4.69) is 15.2 Å². The highest BCUT2D eigenvalue weighted by atomic mass is 19.1. The summed E-state index contributed by atoms with van der Waals surface area (Å²) in [5.41, 5.74) is 1.04. The molecule has 3 rings (SSSR count). The number of amides is 1. The van der Waals surface area contributed by atoms with Crippen LogP contribution < -0.4 is 10.1 Å². The Morgan fingerprint density at radius 3 is 2.70 bits per heavy atom. The molecule has 2 heterocycles.